The fourth-order valence-electron chi connectivity index (χ4n) is 2.07. The zero-order valence-electron chi connectivity index (χ0n) is 12.7. The van der Waals surface area contributed by atoms with E-state index < -0.39 is 0 Å². The average molecular weight is 280 g/mol. The van der Waals surface area contributed by atoms with Gasteiger partial charge in [-0.2, -0.15) is 0 Å². The van der Waals surface area contributed by atoms with Crippen molar-refractivity contribution < 1.29 is 9.47 Å². The highest BCUT2D eigenvalue weighted by molar-refractivity contribution is 5.57. The molecule has 0 saturated carbocycles. The van der Waals surface area contributed by atoms with Crippen LogP contribution in [-0.2, 0) is 9.47 Å². The second-order valence-corrected chi connectivity index (χ2v) is 5.26. The van der Waals surface area contributed by atoms with Crippen LogP contribution < -0.4 is 10.6 Å². The summed E-state index contributed by atoms with van der Waals surface area (Å²) in [5.41, 5.74) is 1.02. The molecule has 1 atom stereocenters. The summed E-state index contributed by atoms with van der Waals surface area (Å²) in [6, 6.07) is 0. The number of nitrogens with zero attached hydrogens (tertiary/aromatic N) is 2. The lowest BCUT2D eigenvalue weighted by Crippen LogP contribution is -2.34. The molecule has 6 nitrogen and oxygen atoms in total. The van der Waals surface area contributed by atoms with Crippen LogP contribution in [0.4, 0.5) is 11.6 Å². The average Bonchev–Trinajstić information content (AvgIpc) is 2.47. The third-order valence-electron chi connectivity index (χ3n) is 3.30. The van der Waals surface area contributed by atoms with Crippen molar-refractivity contribution in [1.29, 1.82) is 0 Å². The molecule has 1 fully saturated rings. The highest BCUT2D eigenvalue weighted by Gasteiger charge is 2.16. The van der Waals surface area contributed by atoms with E-state index in [4.69, 9.17) is 9.47 Å². The molecule has 112 valence electrons. The number of ether oxygens (including phenoxy) is 2. The third kappa shape index (κ3) is 3.58. The Kier molecular flexibility index (Phi) is 5.14. The highest BCUT2D eigenvalue weighted by Crippen LogP contribution is 2.22. The van der Waals surface area contributed by atoms with Gasteiger partial charge in [0.2, 0.25) is 0 Å². The van der Waals surface area contributed by atoms with Gasteiger partial charge in [0.05, 0.1) is 25.9 Å². The van der Waals surface area contributed by atoms with Gasteiger partial charge in [-0.3, -0.25) is 0 Å². The van der Waals surface area contributed by atoms with Crippen LogP contribution in [0.3, 0.4) is 0 Å². The summed E-state index contributed by atoms with van der Waals surface area (Å²) in [4.78, 5) is 9.13. The minimum absolute atomic E-state index is 0.0821. The Morgan fingerprint density at radius 2 is 2.00 bits per heavy atom. The van der Waals surface area contributed by atoms with Gasteiger partial charge in [-0.05, 0) is 6.92 Å². The molecule has 0 aromatic carbocycles. The van der Waals surface area contributed by atoms with Crippen LogP contribution in [0.15, 0.2) is 0 Å². The largest absolute Gasteiger partial charge is 0.376 e. The Hall–Kier alpha value is -1.40. The smallest absolute Gasteiger partial charge is 0.135 e. The second kappa shape index (κ2) is 6.85. The van der Waals surface area contributed by atoms with Crippen LogP contribution in [0.1, 0.15) is 31.2 Å². The Morgan fingerprint density at radius 1 is 1.25 bits per heavy atom. The first-order valence-corrected chi connectivity index (χ1v) is 7.11. The lowest BCUT2D eigenvalue weighted by Gasteiger charge is -2.24. The molecule has 0 radical (unpaired) electrons. The van der Waals surface area contributed by atoms with E-state index in [2.05, 4.69) is 34.4 Å². The fraction of sp³-hybridized carbons (Fsp3) is 0.714. The Labute approximate surface area is 120 Å². The van der Waals surface area contributed by atoms with Crippen LogP contribution in [0, 0.1) is 6.92 Å². The quantitative estimate of drug-likeness (QED) is 0.857. The molecular formula is C14H24N4O2. The number of aromatic nitrogens is 2. The normalized spacial score (nSPS) is 19.1. The lowest BCUT2D eigenvalue weighted by atomic mass is 10.2. The van der Waals surface area contributed by atoms with E-state index in [9.17, 15) is 0 Å². The topological polar surface area (TPSA) is 68.3 Å². The van der Waals surface area contributed by atoms with E-state index in [0.717, 1.165) is 23.0 Å². The summed E-state index contributed by atoms with van der Waals surface area (Å²) >= 11 is 0. The zero-order valence-corrected chi connectivity index (χ0v) is 12.7. The molecule has 1 unspecified atom stereocenters. The van der Waals surface area contributed by atoms with E-state index in [1.165, 1.54) is 0 Å². The summed E-state index contributed by atoms with van der Waals surface area (Å²) in [5, 5.41) is 6.48. The zero-order chi connectivity index (χ0) is 14.5. The van der Waals surface area contributed by atoms with Gasteiger partial charge in [0.1, 0.15) is 17.5 Å². The molecule has 0 aliphatic carbocycles. The van der Waals surface area contributed by atoms with Crippen LogP contribution in [0.5, 0.6) is 0 Å². The maximum atomic E-state index is 5.63. The van der Waals surface area contributed by atoms with Crippen molar-refractivity contribution in [2.24, 2.45) is 0 Å². The first-order valence-electron chi connectivity index (χ1n) is 7.11. The van der Waals surface area contributed by atoms with Gasteiger partial charge >= 0.3 is 0 Å². The minimum atomic E-state index is 0.0821. The molecular weight excluding hydrogens is 256 g/mol. The Morgan fingerprint density at radius 3 is 2.60 bits per heavy atom. The van der Waals surface area contributed by atoms with Crippen molar-refractivity contribution in [2.45, 2.75) is 32.8 Å². The van der Waals surface area contributed by atoms with Gasteiger partial charge in [-0.15, -0.1) is 0 Å². The predicted molar refractivity (Wildman–Crippen MR) is 79.5 cm³/mol. The van der Waals surface area contributed by atoms with Gasteiger partial charge in [0.25, 0.3) is 0 Å². The van der Waals surface area contributed by atoms with Gasteiger partial charge in [-0.25, -0.2) is 9.97 Å². The second-order valence-electron chi connectivity index (χ2n) is 5.26. The molecule has 2 rings (SSSR count). The molecule has 1 aliphatic heterocycles. The molecule has 0 bridgehead atoms. The van der Waals surface area contributed by atoms with Gasteiger partial charge < -0.3 is 20.1 Å². The molecule has 2 N–H and O–H groups in total. The summed E-state index contributed by atoms with van der Waals surface area (Å²) < 4.78 is 11.0. The van der Waals surface area contributed by atoms with Crippen molar-refractivity contribution in [3.63, 3.8) is 0 Å². The van der Waals surface area contributed by atoms with Crippen molar-refractivity contribution in [1.82, 2.24) is 9.97 Å². The number of hydrogen-bond donors (Lipinski definition) is 2. The minimum Gasteiger partial charge on any atom is -0.376 e. The summed E-state index contributed by atoms with van der Waals surface area (Å²) in [6.45, 7) is 8.86. The summed E-state index contributed by atoms with van der Waals surface area (Å²) in [7, 11) is 1.88. The molecule has 20 heavy (non-hydrogen) atoms. The standard InChI is InChI=1S/C14H24N4O2/c1-9(2)12-17-13(15-4)10(3)14(18-12)16-7-11-8-19-5-6-20-11/h9,11H,5-8H2,1-4H3,(H2,15,16,17,18). The molecule has 0 amide bonds. The number of rotatable bonds is 5. The van der Waals surface area contributed by atoms with Crippen molar-refractivity contribution in [3.8, 4) is 0 Å². The number of hydrogen-bond acceptors (Lipinski definition) is 6. The van der Waals surface area contributed by atoms with Crippen LogP contribution in [0.2, 0.25) is 0 Å². The predicted octanol–water partition coefficient (Wildman–Crippen LogP) is 1.78. The maximum absolute atomic E-state index is 5.63. The molecule has 1 aliphatic rings. The van der Waals surface area contributed by atoms with Gasteiger partial charge in [0.15, 0.2) is 0 Å². The number of nitrogens with one attached hydrogen (secondary N) is 2. The van der Waals surface area contributed by atoms with Crippen molar-refractivity contribution in [2.75, 3.05) is 44.0 Å². The third-order valence-corrected chi connectivity index (χ3v) is 3.30. The van der Waals surface area contributed by atoms with E-state index in [1.807, 2.05) is 14.0 Å². The van der Waals surface area contributed by atoms with Gasteiger partial charge in [-0.1, -0.05) is 13.8 Å². The molecule has 0 spiro atoms. The van der Waals surface area contributed by atoms with E-state index in [-0.39, 0.29) is 12.0 Å². The van der Waals surface area contributed by atoms with Crippen LogP contribution in [0.25, 0.3) is 0 Å². The Bertz CT molecular complexity index is 445. The first kappa shape index (κ1) is 15.0. The highest BCUT2D eigenvalue weighted by atomic mass is 16.6. The monoisotopic (exact) mass is 280 g/mol. The maximum Gasteiger partial charge on any atom is 0.135 e. The number of anilines is 2. The van der Waals surface area contributed by atoms with Crippen molar-refractivity contribution in [3.05, 3.63) is 11.4 Å². The fourth-order valence-corrected chi connectivity index (χ4v) is 2.07. The molecule has 2 heterocycles. The molecule has 1 aromatic rings. The molecule has 1 aromatic heterocycles. The van der Waals surface area contributed by atoms with E-state index in [0.29, 0.717) is 26.4 Å². The summed E-state index contributed by atoms with van der Waals surface area (Å²) in [6.07, 6.45) is 0.0821. The molecule has 6 heteroatoms. The van der Waals surface area contributed by atoms with E-state index >= 15 is 0 Å². The lowest BCUT2D eigenvalue weighted by molar-refractivity contribution is -0.0819. The van der Waals surface area contributed by atoms with Gasteiger partial charge in [0, 0.05) is 25.1 Å². The van der Waals surface area contributed by atoms with Crippen molar-refractivity contribution >= 4 is 11.6 Å². The van der Waals surface area contributed by atoms with E-state index in [1.54, 1.807) is 0 Å². The SMILES string of the molecule is CNc1nc(C(C)C)nc(NCC2COCCO2)c1C. The molecule has 1 saturated heterocycles. The first-order chi connectivity index (χ1) is 9.61. The van der Waals surface area contributed by atoms with Crippen LogP contribution in [-0.4, -0.2) is 49.5 Å². The summed E-state index contributed by atoms with van der Waals surface area (Å²) in [5.74, 6) is 2.86. The van der Waals surface area contributed by atoms with Crippen LogP contribution >= 0.6 is 0 Å². The Balaban J connectivity index is 2.10.